The van der Waals surface area contributed by atoms with E-state index < -0.39 is 5.82 Å². The summed E-state index contributed by atoms with van der Waals surface area (Å²) in [5.74, 6) is 1.31. The van der Waals surface area contributed by atoms with Crippen LogP contribution < -0.4 is 10.6 Å². The Balaban J connectivity index is 0.000000169. The molecule has 0 aliphatic carbocycles. The molecule has 0 amide bonds. The van der Waals surface area contributed by atoms with Gasteiger partial charge in [0, 0.05) is 45.9 Å². The maximum atomic E-state index is 14.1. The molecule has 17 heteroatoms. The first kappa shape index (κ1) is 36.9. The van der Waals surface area contributed by atoms with Crippen molar-refractivity contribution >= 4 is 58.1 Å². The number of H-pyrrole nitrogens is 2. The van der Waals surface area contributed by atoms with E-state index in [0.29, 0.717) is 56.0 Å². The first-order valence-electron chi connectivity index (χ1n) is 16.5. The molecule has 4 aromatic heterocycles. The van der Waals surface area contributed by atoms with Crippen molar-refractivity contribution in [3.05, 3.63) is 159 Å². The van der Waals surface area contributed by atoms with Crippen molar-refractivity contribution in [2.45, 2.75) is 12.8 Å². The van der Waals surface area contributed by atoms with Gasteiger partial charge >= 0.3 is 0 Å². The van der Waals surface area contributed by atoms with Crippen molar-refractivity contribution in [1.82, 2.24) is 50.3 Å². The lowest BCUT2D eigenvalue weighted by Gasteiger charge is -2.10. The molecular formula is C38H28Cl3FN12O. The number of benzene rings is 4. The van der Waals surface area contributed by atoms with E-state index in [-0.39, 0.29) is 23.8 Å². The number of rotatable bonds is 10. The van der Waals surface area contributed by atoms with Crippen LogP contribution in [0.2, 0.25) is 15.1 Å². The monoisotopic (exact) mass is 792 g/mol. The van der Waals surface area contributed by atoms with E-state index in [2.05, 4.69) is 60.9 Å². The van der Waals surface area contributed by atoms with Gasteiger partial charge in [0.05, 0.1) is 34.4 Å². The van der Waals surface area contributed by atoms with Crippen molar-refractivity contribution in [1.29, 1.82) is 0 Å². The molecule has 0 spiro atoms. The zero-order valence-electron chi connectivity index (χ0n) is 28.4. The van der Waals surface area contributed by atoms with Crippen LogP contribution in [-0.4, -0.2) is 55.4 Å². The van der Waals surface area contributed by atoms with E-state index in [9.17, 15) is 9.50 Å². The van der Waals surface area contributed by atoms with Crippen LogP contribution in [0.25, 0.3) is 22.8 Å². The normalized spacial score (nSPS) is 10.8. The Morgan fingerprint density at radius 3 is 1.78 bits per heavy atom. The molecule has 5 N–H and O–H groups in total. The number of nitrogens with zero attached hydrogens (tertiary/aromatic N) is 8. The number of aromatic nitrogens is 10. The van der Waals surface area contributed by atoms with Gasteiger partial charge in [-0.2, -0.15) is 10.2 Å². The van der Waals surface area contributed by atoms with E-state index >= 15 is 0 Å². The third-order valence-electron chi connectivity index (χ3n) is 8.02. The van der Waals surface area contributed by atoms with Gasteiger partial charge in [-0.05, 0) is 59.7 Å². The molecule has 4 aromatic carbocycles. The van der Waals surface area contributed by atoms with Crippen molar-refractivity contribution in [3.8, 4) is 28.5 Å². The van der Waals surface area contributed by atoms with Gasteiger partial charge in [0.25, 0.3) is 0 Å². The van der Waals surface area contributed by atoms with Crippen LogP contribution in [0.4, 0.5) is 27.7 Å². The summed E-state index contributed by atoms with van der Waals surface area (Å²) in [5, 5.41) is 31.2. The lowest BCUT2D eigenvalue weighted by atomic mass is 10.1. The van der Waals surface area contributed by atoms with Gasteiger partial charge in [0.15, 0.2) is 17.5 Å². The van der Waals surface area contributed by atoms with Crippen LogP contribution in [0.1, 0.15) is 22.5 Å². The molecule has 274 valence electrons. The Labute approximate surface area is 328 Å². The second-order valence-electron chi connectivity index (χ2n) is 11.7. The summed E-state index contributed by atoms with van der Waals surface area (Å²) >= 11 is 18.7. The van der Waals surface area contributed by atoms with Crippen molar-refractivity contribution in [2.75, 3.05) is 10.6 Å². The lowest BCUT2D eigenvalue weighted by Crippen LogP contribution is -2.04. The summed E-state index contributed by atoms with van der Waals surface area (Å²) in [4.78, 5) is 25.1. The predicted octanol–water partition coefficient (Wildman–Crippen LogP) is 9.00. The summed E-state index contributed by atoms with van der Waals surface area (Å²) in [6, 6.07) is 27.4. The van der Waals surface area contributed by atoms with Crippen molar-refractivity contribution in [2.24, 2.45) is 0 Å². The zero-order valence-corrected chi connectivity index (χ0v) is 30.7. The predicted molar refractivity (Wildman–Crippen MR) is 209 cm³/mol. The first-order valence-corrected chi connectivity index (χ1v) is 17.6. The Hall–Kier alpha value is -6.48. The molecule has 0 radical (unpaired) electrons. The highest BCUT2D eigenvalue weighted by molar-refractivity contribution is 6.32. The summed E-state index contributed by atoms with van der Waals surface area (Å²) in [7, 11) is 0. The second kappa shape index (κ2) is 17.1. The van der Waals surface area contributed by atoms with Gasteiger partial charge in [0.2, 0.25) is 11.9 Å². The average molecular weight is 794 g/mol. The molecule has 55 heavy (non-hydrogen) atoms. The number of hydrogen-bond donors (Lipinski definition) is 5. The van der Waals surface area contributed by atoms with Crippen LogP contribution in [-0.2, 0) is 12.8 Å². The summed E-state index contributed by atoms with van der Waals surface area (Å²) in [5.41, 5.74) is 5.48. The number of phenols is 1. The van der Waals surface area contributed by atoms with Crippen molar-refractivity contribution in [3.63, 3.8) is 0 Å². The molecule has 8 rings (SSSR count). The molecule has 0 fully saturated rings. The van der Waals surface area contributed by atoms with E-state index in [0.717, 1.165) is 28.6 Å². The van der Waals surface area contributed by atoms with Crippen LogP contribution in [0.15, 0.2) is 116 Å². The van der Waals surface area contributed by atoms with Gasteiger partial charge in [0.1, 0.15) is 18.4 Å². The average Bonchev–Trinajstić information content (AvgIpc) is 3.93. The van der Waals surface area contributed by atoms with Gasteiger partial charge in [-0.1, -0.05) is 71.2 Å². The number of anilines is 4. The summed E-state index contributed by atoms with van der Waals surface area (Å²) in [6.07, 6.45) is 6.28. The highest BCUT2D eigenvalue weighted by Crippen LogP contribution is 2.30. The first-order chi connectivity index (χ1) is 26.8. The van der Waals surface area contributed by atoms with E-state index in [1.54, 1.807) is 24.4 Å². The molecule has 0 atom stereocenters. The highest BCUT2D eigenvalue weighted by atomic mass is 35.5. The number of nitrogens with one attached hydrogen (secondary N) is 4. The fourth-order valence-corrected chi connectivity index (χ4v) is 5.84. The minimum Gasteiger partial charge on any atom is -0.507 e. The smallest absolute Gasteiger partial charge is 0.227 e. The Morgan fingerprint density at radius 2 is 1.16 bits per heavy atom. The molecule has 0 saturated heterocycles. The lowest BCUT2D eigenvalue weighted by molar-refractivity contribution is 0.477. The topological polar surface area (TPSA) is 179 Å². The second-order valence-corrected chi connectivity index (χ2v) is 13.0. The number of halogens is 4. The molecule has 0 saturated carbocycles. The Bertz CT molecular complexity index is 2520. The van der Waals surface area contributed by atoms with E-state index in [4.69, 9.17) is 34.8 Å². The largest absolute Gasteiger partial charge is 0.507 e. The zero-order chi connectivity index (χ0) is 38.1. The SMILES string of the molecule is Clc1ccccc1Cc1nc(Nc2ccc(-c3ncn[nH]3)cc2)ncc1Cl.Oc1cc(Nc2ncc(F)c(Cc3ccccc3Cl)n2)ccc1-c1ncn[nH]1. The minimum absolute atomic E-state index is 0.000141. The molecule has 0 bridgehead atoms. The molecule has 0 aliphatic rings. The molecule has 8 aromatic rings. The minimum atomic E-state index is -0.519. The van der Waals surface area contributed by atoms with Gasteiger partial charge < -0.3 is 15.7 Å². The molecule has 4 heterocycles. The van der Waals surface area contributed by atoms with Gasteiger partial charge in [-0.25, -0.2) is 34.3 Å². The maximum Gasteiger partial charge on any atom is 0.227 e. The summed E-state index contributed by atoms with van der Waals surface area (Å²) in [6.45, 7) is 0. The number of aromatic amines is 2. The van der Waals surface area contributed by atoms with Crippen molar-refractivity contribution < 1.29 is 9.50 Å². The highest BCUT2D eigenvalue weighted by Gasteiger charge is 2.13. The number of aromatic hydroxyl groups is 1. The fraction of sp³-hybridized carbons (Fsp3) is 0.0526. The van der Waals surface area contributed by atoms with Gasteiger partial charge in [-0.3, -0.25) is 10.2 Å². The summed E-state index contributed by atoms with van der Waals surface area (Å²) < 4.78 is 14.1. The van der Waals surface area contributed by atoms with E-state index in [1.165, 1.54) is 18.7 Å². The fourth-order valence-electron chi connectivity index (χ4n) is 5.28. The van der Waals surface area contributed by atoms with Crippen LogP contribution >= 0.6 is 34.8 Å². The van der Waals surface area contributed by atoms with Gasteiger partial charge in [-0.15, -0.1) is 0 Å². The number of hydrogen-bond acceptors (Lipinski definition) is 11. The Kier molecular flexibility index (Phi) is 11.5. The molecule has 0 unspecified atom stereocenters. The Morgan fingerprint density at radius 1 is 0.600 bits per heavy atom. The van der Waals surface area contributed by atoms with E-state index in [1.807, 2.05) is 66.7 Å². The molecule has 13 nitrogen and oxygen atoms in total. The third kappa shape index (κ3) is 9.37. The molecular weight excluding hydrogens is 766 g/mol. The third-order valence-corrected chi connectivity index (χ3v) is 9.07. The standard InChI is InChI=1S/C19H14Cl2N6.C19H14ClFN6O/c20-15-4-2-1-3-13(15)9-17-16(21)10-22-19(26-17)25-14-7-5-12(6-8-14)18-23-11-24-27-18;20-14-4-2-1-3-11(14)7-16-15(21)9-22-19(26-16)25-12-5-6-13(17(28)8-12)18-23-10-24-27-18/h1-8,10-11H,9H2,(H,22,25,26)(H,23,24,27);1-6,8-10,28H,7H2,(H,22,25,26)(H,23,24,27). The molecule has 0 aliphatic heterocycles. The van der Waals surface area contributed by atoms with Crippen LogP contribution in [0.3, 0.4) is 0 Å². The number of phenolic OH excluding ortho intramolecular Hbond substituents is 1. The van der Waals surface area contributed by atoms with Crippen LogP contribution in [0.5, 0.6) is 5.75 Å². The quantitative estimate of drug-likeness (QED) is 0.0892. The maximum absolute atomic E-state index is 14.1. The van der Waals surface area contributed by atoms with Crippen LogP contribution in [0, 0.1) is 5.82 Å².